The van der Waals surface area contributed by atoms with E-state index >= 15 is 0 Å². The Hall–Kier alpha value is -2.51. The Morgan fingerprint density at radius 1 is 0.741 bits per heavy atom. The molecule has 0 atom stereocenters. The van der Waals surface area contributed by atoms with Crippen LogP contribution in [0.15, 0.2) is 36.4 Å². The van der Waals surface area contributed by atoms with E-state index < -0.39 is 7.82 Å². The maximum Gasteiger partial charge on any atom is 0.466 e. The molecular weight excluding hydrogens is 375 g/mol. The van der Waals surface area contributed by atoms with E-state index in [0.29, 0.717) is 17.2 Å². The van der Waals surface area contributed by atoms with E-state index in [1.54, 1.807) is 28.4 Å². The van der Waals surface area contributed by atoms with Crippen molar-refractivity contribution in [2.45, 2.75) is 0 Å². The van der Waals surface area contributed by atoms with Gasteiger partial charge < -0.3 is 33.6 Å². The average molecular weight is 398 g/mol. The van der Waals surface area contributed by atoms with Gasteiger partial charge in [-0.3, -0.25) is 0 Å². The summed E-state index contributed by atoms with van der Waals surface area (Å²) in [5.41, 5.74) is 2.04. The SMILES string of the molecule is COc1ccc(C=Cc2cc(OC)c(OC)c(OC)c2)cc1.O=P(O)(O)O. The number of benzene rings is 2. The highest BCUT2D eigenvalue weighted by Gasteiger charge is 2.11. The summed E-state index contributed by atoms with van der Waals surface area (Å²) < 4.78 is 30.0. The largest absolute Gasteiger partial charge is 0.497 e. The smallest absolute Gasteiger partial charge is 0.466 e. The topological polar surface area (TPSA) is 115 Å². The highest BCUT2D eigenvalue weighted by atomic mass is 31.2. The quantitative estimate of drug-likeness (QED) is 0.503. The summed E-state index contributed by atoms with van der Waals surface area (Å²) >= 11 is 0. The minimum atomic E-state index is -4.64. The Labute approximate surface area is 157 Å². The second-order valence-electron chi connectivity index (χ2n) is 5.08. The van der Waals surface area contributed by atoms with Gasteiger partial charge in [0.05, 0.1) is 28.4 Å². The molecular formula is C18H23O8P. The predicted octanol–water partition coefficient (Wildman–Crippen LogP) is 2.96. The van der Waals surface area contributed by atoms with Crippen molar-refractivity contribution in [1.29, 1.82) is 0 Å². The Morgan fingerprint density at radius 3 is 1.56 bits per heavy atom. The molecule has 0 aliphatic rings. The van der Waals surface area contributed by atoms with Crippen LogP contribution in [-0.4, -0.2) is 43.1 Å². The molecule has 0 aromatic heterocycles. The molecule has 0 unspecified atom stereocenters. The average Bonchev–Trinajstić information content (AvgIpc) is 2.64. The number of phosphoric acid groups is 1. The molecule has 3 N–H and O–H groups in total. The van der Waals surface area contributed by atoms with Crippen molar-refractivity contribution in [3.05, 3.63) is 47.5 Å². The van der Waals surface area contributed by atoms with Crippen molar-refractivity contribution >= 4 is 20.0 Å². The number of hydrogen-bond donors (Lipinski definition) is 3. The summed E-state index contributed by atoms with van der Waals surface area (Å²) in [5, 5.41) is 0. The second kappa shape index (κ2) is 10.6. The van der Waals surface area contributed by atoms with Gasteiger partial charge in [-0.15, -0.1) is 0 Å². The zero-order valence-corrected chi connectivity index (χ0v) is 16.3. The molecule has 8 nitrogen and oxygen atoms in total. The summed E-state index contributed by atoms with van der Waals surface area (Å²) in [6.45, 7) is 0. The summed E-state index contributed by atoms with van der Waals surface area (Å²) in [5.74, 6) is 2.70. The first-order valence-corrected chi connectivity index (χ1v) is 9.18. The zero-order valence-electron chi connectivity index (χ0n) is 15.4. The number of ether oxygens (including phenoxy) is 4. The van der Waals surface area contributed by atoms with E-state index in [0.717, 1.165) is 16.9 Å². The number of hydrogen-bond acceptors (Lipinski definition) is 5. The lowest BCUT2D eigenvalue weighted by Gasteiger charge is -2.12. The maximum absolute atomic E-state index is 8.88. The molecule has 2 rings (SSSR count). The van der Waals surface area contributed by atoms with Gasteiger partial charge >= 0.3 is 7.82 Å². The minimum Gasteiger partial charge on any atom is -0.497 e. The third-order valence-corrected chi connectivity index (χ3v) is 3.27. The fraction of sp³-hybridized carbons (Fsp3) is 0.222. The molecule has 0 radical (unpaired) electrons. The Morgan fingerprint density at radius 2 is 1.19 bits per heavy atom. The molecule has 0 saturated carbocycles. The van der Waals surface area contributed by atoms with Gasteiger partial charge in [0.25, 0.3) is 0 Å². The van der Waals surface area contributed by atoms with Crippen LogP contribution < -0.4 is 18.9 Å². The van der Waals surface area contributed by atoms with E-state index in [1.165, 1.54) is 0 Å². The van der Waals surface area contributed by atoms with Crippen LogP contribution >= 0.6 is 7.82 Å². The van der Waals surface area contributed by atoms with Crippen LogP contribution in [0.3, 0.4) is 0 Å². The van der Waals surface area contributed by atoms with E-state index in [4.69, 9.17) is 38.2 Å². The molecule has 27 heavy (non-hydrogen) atoms. The third kappa shape index (κ3) is 8.15. The Balaban J connectivity index is 0.000000646. The van der Waals surface area contributed by atoms with Crippen molar-refractivity contribution in [2.24, 2.45) is 0 Å². The van der Waals surface area contributed by atoms with Crippen LogP contribution in [0.25, 0.3) is 12.2 Å². The molecule has 0 amide bonds. The molecule has 0 aliphatic carbocycles. The molecule has 9 heteroatoms. The van der Waals surface area contributed by atoms with Crippen LogP contribution in [0, 0.1) is 0 Å². The van der Waals surface area contributed by atoms with Crippen LogP contribution in [0.1, 0.15) is 11.1 Å². The normalized spacial score (nSPS) is 10.8. The van der Waals surface area contributed by atoms with Crippen molar-refractivity contribution in [1.82, 2.24) is 0 Å². The van der Waals surface area contributed by atoms with Gasteiger partial charge in [0.15, 0.2) is 11.5 Å². The van der Waals surface area contributed by atoms with E-state index in [2.05, 4.69) is 0 Å². The predicted molar refractivity (Wildman–Crippen MR) is 102 cm³/mol. The van der Waals surface area contributed by atoms with Gasteiger partial charge in [-0.1, -0.05) is 24.3 Å². The lowest BCUT2D eigenvalue weighted by Crippen LogP contribution is -1.95. The molecule has 0 heterocycles. The van der Waals surface area contributed by atoms with Crippen molar-refractivity contribution in [3.63, 3.8) is 0 Å². The first-order valence-electron chi connectivity index (χ1n) is 7.62. The Kier molecular flexibility index (Phi) is 8.84. The highest BCUT2D eigenvalue weighted by Crippen LogP contribution is 2.38. The van der Waals surface area contributed by atoms with Gasteiger partial charge in [0, 0.05) is 0 Å². The molecule has 0 aliphatic heterocycles. The molecule has 0 saturated heterocycles. The van der Waals surface area contributed by atoms with Crippen LogP contribution in [0.2, 0.25) is 0 Å². The summed E-state index contributed by atoms with van der Waals surface area (Å²) in [4.78, 5) is 21.6. The summed E-state index contributed by atoms with van der Waals surface area (Å²) in [6, 6.07) is 11.6. The number of rotatable bonds is 6. The molecule has 0 fully saturated rings. The van der Waals surface area contributed by atoms with E-state index in [1.807, 2.05) is 48.6 Å². The standard InChI is InChI=1S/C18H20O4.H3O4P/c1-19-15-9-7-13(8-10-15)5-6-14-11-16(20-2)18(22-4)17(12-14)21-3;1-5(2,3)4/h5-12H,1-4H3;(H3,1,2,3,4). The van der Waals surface area contributed by atoms with Gasteiger partial charge in [-0.05, 0) is 35.4 Å². The lowest BCUT2D eigenvalue weighted by molar-refractivity contribution is 0.275. The monoisotopic (exact) mass is 398 g/mol. The fourth-order valence-electron chi connectivity index (χ4n) is 2.11. The molecule has 0 spiro atoms. The molecule has 0 bridgehead atoms. The molecule has 2 aromatic rings. The van der Waals surface area contributed by atoms with Crippen LogP contribution in [0.5, 0.6) is 23.0 Å². The van der Waals surface area contributed by atoms with Crippen molar-refractivity contribution in [2.75, 3.05) is 28.4 Å². The Bertz CT molecular complexity index is 762. The second-order valence-corrected chi connectivity index (χ2v) is 6.10. The van der Waals surface area contributed by atoms with Gasteiger partial charge in [-0.25, -0.2) is 4.57 Å². The fourth-order valence-corrected chi connectivity index (χ4v) is 2.11. The first kappa shape index (κ1) is 22.5. The summed E-state index contributed by atoms with van der Waals surface area (Å²) in [7, 11) is 1.82. The van der Waals surface area contributed by atoms with Crippen molar-refractivity contribution < 1.29 is 38.2 Å². The van der Waals surface area contributed by atoms with Gasteiger partial charge in [0.2, 0.25) is 5.75 Å². The third-order valence-electron chi connectivity index (χ3n) is 3.27. The lowest BCUT2D eigenvalue weighted by atomic mass is 10.1. The van der Waals surface area contributed by atoms with E-state index in [9.17, 15) is 0 Å². The van der Waals surface area contributed by atoms with Crippen LogP contribution in [0.4, 0.5) is 0 Å². The zero-order chi connectivity index (χ0) is 20.4. The highest BCUT2D eigenvalue weighted by molar-refractivity contribution is 7.45. The van der Waals surface area contributed by atoms with Crippen LogP contribution in [-0.2, 0) is 4.57 Å². The molecule has 2 aromatic carbocycles. The maximum atomic E-state index is 8.88. The summed E-state index contributed by atoms with van der Waals surface area (Å²) in [6.07, 6.45) is 4.01. The van der Waals surface area contributed by atoms with E-state index in [-0.39, 0.29) is 0 Å². The molecule has 148 valence electrons. The van der Waals surface area contributed by atoms with Gasteiger partial charge in [0.1, 0.15) is 5.75 Å². The van der Waals surface area contributed by atoms with Gasteiger partial charge in [-0.2, -0.15) is 0 Å². The first-order chi connectivity index (χ1) is 12.7. The minimum absolute atomic E-state index is 0.589. The number of methoxy groups -OCH3 is 4. The van der Waals surface area contributed by atoms with Crippen molar-refractivity contribution in [3.8, 4) is 23.0 Å².